The highest BCUT2D eigenvalue weighted by atomic mass is 35.5. The van der Waals surface area contributed by atoms with Gasteiger partial charge in [0.15, 0.2) is 5.78 Å². The second kappa shape index (κ2) is 9.04. The number of nitrogens with zero attached hydrogens (tertiary/aromatic N) is 1. The summed E-state index contributed by atoms with van der Waals surface area (Å²) < 4.78 is 5.50. The predicted molar refractivity (Wildman–Crippen MR) is 139 cm³/mol. The Morgan fingerprint density at radius 2 is 1.80 bits per heavy atom. The molecule has 1 aliphatic rings. The Hall–Kier alpha value is -3.90. The zero-order valence-electron chi connectivity index (χ0n) is 19.4. The average molecular weight is 486 g/mol. The number of benzene rings is 3. The Bertz CT molecular complexity index is 1480. The van der Waals surface area contributed by atoms with Crippen molar-refractivity contribution in [2.75, 3.05) is 12.4 Å². The Kier molecular flexibility index (Phi) is 5.91. The minimum absolute atomic E-state index is 0.0374. The van der Waals surface area contributed by atoms with Gasteiger partial charge in [0.05, 0.1) is 23.9 Å². The highest BCUT2D eigenvalue weighted by molar-refractivity contribution is 6.31. The van der Waals surface area contributed by atoms with Crippen molar-refractivity contribution in [2.45, 2.75) is 19.8 Å². The normalized spacial score (nSPS) is 13.0. The van der Waals surface area contributed by atoms with Crippen LogP contribution in [0.25, 0.3) is 22.0 Å². The summed E-state index contributed by atoms with van der Waals surface area (Å²) in [6.07, 6.45) is 3.44. The molecule has 6 nitrogen and oxygen atoms in total. The van der Waals surface area contributed by atoms with Crippen LogP contribution in [0.1, 0.15) is 39.1 Å². The number of nitrogens with one attached hydrogen (secondary N) is 1. The number of fused-ring (bicyclic) bond motifs is 1. The topological polar surface area (TPSA) is 94.3 Å². The second-order valence-electron chi connectivity index (χ2n) is 8.77. The molecule has 1 amide bonds. The Morgan fingerprint density at radius 3 is 2.46 bits per heavy atom. The molecule has 5 rings (SSSR count). The third kappa shape index (κ3) is 4.45. The van der Waals surface area contributed by atoms with Gasteiger partial charge in [0.1, 0.15) is 5.75 Å². The number of nitrogens with two attached hydrogens (primary N) is 1. The predicted octanol–water partition coefficient (Wildman–Crippen LogP) is 6.31. The van der Waals surface area contributed by atoms with E-state index in [1.165, 1.54) is 0 Å². The number of carbonyl (C=O) groups excluding carboxylic acids is 2. The van der Waals surface area contributed by atoms with E-state index >= 15 is 0 Å². The lowest BCUT2D eigenvalue weighted by Gasteiger charge is -2.16. The summed E-state index contributed by atoms with van der Waals surface area (Å²) in [6, 6.07) is 16.6. The van der Waals surface area contributed by atoms with Crippen molar-refractivity contribution in [3.63, 3.8) is 0 Å². The fourth-order valence-electron chi connectivity index (χ4n) is 4.15. The van der Waals surface area contributed by atoms with E-state index < -0.39 is 5.91 Å². The molecule has 1 saturated carbocycles. The minimum atomic E-state index is -0.493. The SMILES string of the molecule is COc1cc(-c2ccc3ncc(C(=O)C4CC4)c(Nc4ccc(C(N)=O)cc4)c3c2)cc(Cl)c1C. The van der Waals surface area contributed by atoms with Crippen LogP contribution < -0.4 is 15.8 Å². The lowest BCUT2D eigenvalue weighted by Crippen LogP contribution is -2.11. The third-order valence-electron chi connectivity index (χ3n) is 6.37. The second-order valence-corrected chi connectivity index (χ2v) is 9.18. The van der Waals surface area contributed by atoms with E-state index in [-0.39, 0.29) is 11.7 Å². The van der Waals surface area contributed by atoms with Crippen LogP contribution in [-0.4, -0.2) is 23.8 Å². The molecule has 35 heavy (non-hydrogen) atoms. The maximum Gasteiger partial charge on any atom is 0.248 e. The quantitative estimate of drug-likeness (QED) is 0.299. The van der Waals surface area contributed by atoms with Crippen molar-refractivity contribution in [3.05, 3.63) is 82.5 Å². The van der Waals surface area contributed by atoms with Gasteiger partial charge < -0.3 is 15.8 Å². The zero-order valence-corrected chi connectivity index (χ0v) is 20.1. The van der Waals surface area contributed by atoms with Gasteiger partial charge in [-0.1, -0.05) is 17.7 Å². The van der Waals surface area contributed by atoms with Crippen LogP contribution in [0.5, 0.6) is 5.75 Å². The summed E-state index contributed by atoms with van der Waals surface area (Å²) in [5, 5.41) is 4.83. The number of amides is 1. The van der Waals surface area contributed by atoms with E-state index in [1.54, 1.807) is 37.6 Å². The van der Waals surface area contributed by atoms with E-state index in [9.17, 15) is 9.59 Å². The summed E-state index contributed by atoms with van der Waals surface area (Å²) in [5.74, 6) is 0.333. The molecule has 0 radical (unpaired) electrons. The van der Waals surface area contributed by atoms with Gasteiger partial charge in [-0.15, -0.1) is 0 Å². The molecule has 0 spiro atoms. The fraction of sp³-hybridized carbons (Fsp3) is 0.179. The zero-order chi connectivity index (χ0) is 24.7. The van der Waals surface area contributed by atoms with Crippen molar-refractivity contribution >= 4 is 45.6 Å². The Morgan fingerprint density at radius 1 is 1.06 bits per heavy atom. The van der Waals surface area contributed by atoms with E-state index in [2.05, 4.69) is 10.3 Å². The van der Waals surface area contributed by atoms with Crippen molar-refractivity contribution in [3.8, 4) is 16.9 Å². The molecule has 0 atom stereocenters. The van der Waals surface area contributed by atoms with Crippen LogP contribution in [0.4, 0.5) is 11.4 Å². The number of ether oxygens (including phenoxy) is 1. The smallest absolute Gasteiger partial charge is 0.248 e. The van der Waals surface area contributed by atoms with Crippen LogP contribution in [0.15, 0.2) is 60.8 Å². The molecule has 0 unspecified atom stereocenters. The highest BCUT2D eigenvalue weighted by Crippen LogP contribution is 2.39. The van der Waals surface area contributed by atoms with Gasteiger partial charge in [0.2, 0.25) is 5.91 Å². The number of anilines is 2. The van der Waals surface area contributed by atoms with E-state index in [4.69, 9.17) is 22.1 Å². The van der Waals surface area contributed by atoms with Crippen LogP contribution >= 0.6 is 11.6 Å². The number of rotatable bonds is 7. The molecule has 1 aliphatic carbocycles. The maximum absolute atomic E-state index is 13.2. The molecule has 0 aliphatic heterocycles. The molecule has 0 saturated heterocycles. The number of halogens is 1. The molecule has 3 N–H and O–H groups in total. The Balaban J connectivity index is 1.66. The monoisotopic (exact) mass is 485 g/mol. The van der Waals surface area contributed by atoms with Crippen molar-refractivity contribution < 1.29 is 14.3 Å². The minimum Gasteiger partial charge on any atom is -0.496 e. The third-order valence-corrected chi connectivity index (χ3v) is 6.76. The number of methoxy groups -OCH3 is 1. The molecule has 4 aromatic rings. The number of primary amides is 1. The summed E-state index contributed by atoms with van der Waals surface area (Å²) >= 11 is 6.47. The summed E-state index contributed by atoms with van der Waals surface area (Å²) in [5.41, 5.74) is 11.2. The number of hydrogen-bond acceptors (Lipinski definition) is 5. The average Bonchev–Trinajstić information content (AvgIpc) is 3.71. The van der Waals surface area contributed by atoms with Gasteiger partial charge in [0, 0.05) is 39.3 Å². The largest absolute Gasteiger partial charge is 0.496 e. The van der Waals surface area contributed by atoms with Crippen LogP contribution in [-0.2, 0) is 0 Å². The number of ketones is 1. The molecule has 1 fully saturated rings. The first kappa shape index (κ1) is 22.9. The summed E-state index contributed by atoms with van der Waals surface area (Å²) in [7, 11) is 1.62. The molecule has 1 aromatic heterocycles. The molecule has 0 bridgehead atoms. The molecular formula is C28H24ClN3O3. The van der Waals surface area contributed by atoms with Crippen LogP contribution in [0.2, 0.25) is 5.02 Å². The molecule has 3 aromatic carbocycles. The number of carbonyl (C=O) groups is 2. The van der Waals surface area contributed by atoms with E-state index in [0.29, 0.717) is 27.6 Å². The van der Waals surface area contributed by atoms with Gasteiger partial charge in [-0.05, 0) is 79.4 Å². The van der Waals surface area contributed by atoms with Crippen LogP contribution in [0, 0.1) is 12.8 Å². The van der Waals surface area contributed by atoms with Gasteiger partial charge in [0.25, 0.3) is 0 Å². The number of aromatic nitrogens is 1. The van der Waals surface area contributed by atoms with Gasteiger partial charge >= 0.3 is 0 Å². The van der Waals surface area contributed by atoms with E-state index in [0.717, 1.165) is 46.1 Å². The fourth-order valence-corrected chi connectivity index (χ4v) is 4.36. The lowest BCUT2D eigenvalue weighted by molar-refractivity contribution is 0.0966. The van der Waals surface area contributed by atoms with Crippen molar-refractivity contribution in [1.82, 2.24) is 4.98 Å². The number of pyridine rings is 1. The molecule has 7 heteroatoms. The summed E-state index contributed by atoms with van der Waals surface area (Å²) in [4.78, 5) is 29.2. The van der Waals surface area contributed by atoms with Crippen LogP contribution in [0.3, 0.4) is 0 Å². The molecular weight excluding hydrogens is 462 g/mol. The summed E-state index contributed by atoms with van der Waals surface area (Å²) in [6.45, 7) is 1.91. The van der Waals surface area contributed by atoms with Gasteiger partial charge in [-0.2, -0.15) is 0 Å². The lowest BCUT2D eigenvalue weighted by atomic mass is 9.98. The Labute approximate surface area is 208 Å². The molecule has 1 heterocycles. The maximum atomic E-state index is 13.2. The standard InChI is InChI=1S/C28H24ClN3O3/c1-15-23(29)12-19(13-25(15)35-2)18-7-10-24-21(11-18)26(22(14-31-24)27(33)16-3-4-16)32-20-8-5-17(6-9-20)28(30)34/h5-14,16H,3-4H2,1-2H3,(H2,30,34)(H,31,32). The first-order valence-electron chi connectivity index (χ1n) is 11.3. The van der Waals surface area contributed by atoms with Crippen molar-refractivity contribution in [1.29, 1.82) is 0 Å². The molecule has 176 valence electrons. The van der Waals surface area contributed by atoms with Crippen molar-refractivity contribution in [2.24, 2.45) is 11.7 Å². The number of hydrogen-bond donors (Lipinski definition) is 2. The van der Waals surface area contributed by atoms with Gasteiger partial charge in [-0.3, -0.25) is 14.6 Å². The first-order valence-corrected chi connectivity index (χ1v) is 11.7. The number of Topliss-reactive ketones (excluding diaryl/α,β-unsaturated/α-hetero) is 1. The first-order chi connectivity index (χ1) is 16.9. The van der Waals surface area contributed by atoms with Gasteiger partial charge in [-0.25, -0.2) is 0 Å². The van der Waals surface area contributed by atoms with E-state index in [1.807, 2.05) is 37.3 Å². The highest BCUT2D eigenvalue weighted by Gasteiger charge is 2.32.